The lowest BCUT2D eigenvalue weighted by Crippen LogP contribution is -2.27. The number of aromatic nitrogens is 3. The van der Waals surface area contributed by atoms with E-state index in [4.69, 9.17) is 0 Å². The molecule has 7 heteroatoms. The van der Waals surface area contributed by atoms with Crippen molar-refractivity contribution < 1.29 is 4.79 Å². The molecule has 1 atom stereocenters. The molecule has 2 aromatic heterocycles. The van der Waals surface area contributed by atoms with Gasteiger partial charge in [0.1, 0.15) is 5.82 Å². The number of aryl methyl sites for hydroxylation is 2. The van der Waals surface area contributed by atoms with Crippen molar-refractivity contribution in [3.05, 3.63) is 58.0 Å². The normalized spacial score (nSPS) is 12.1. The fourth-order valence-electron chi connectivity index (χ4n) is 2.52. The molecule has 3 rings (SSSR count). The third-order valence-electron chi connectivity index (χ3n) is 3.73. The van der Waals surface area contributed by atoms with Crippen LogP contribution in [0.2, 0.25) is 0 Å². The number of benzene rings is 1. The topological polar surface area (TPSA) is 59.8 Å². The van der Waals surface area contributed by atoms with Gasteiger partial charge in [-0.1, -0.05) is 30.0 Å². The molecular weight excluding hydrogens is 352 g/mol. The summed E-state index contributed by atoms with van der Waals surface area (Å²) < 4.78 is 1.98. The Balaban J connectivity index is 1.67. The first-order chi connectivity index (χ1) is 12.0. The van der Waals surface area contributed by atoms with Gasteiger partial charge in [-0.3, -0.25) is 9.36 Å². The van der Waals surface area contributed by atoms with Crippen LogP contribution in [0.3, 0.4) is 0 Å². The summed E-state index contributed by atoms with van der Waals surface area (Å²) >= 11 is 3.04. The van der Waals surface area contributed by atoms with E-state index in [1.807, 2.05) is 48.1 Å². The largest absolute Gasteiger partial charge is 0.348 e. The molecule has 3 aromatic rings. The van der Waals surface area contributed by atoms with Gasteiger partial charge >= 0.3 is 0 Å². The van der Waals surface area contributed by atoms with Crippen molar-refractivity contribution >= 4 is 29.0 Å². The highest BCUT2D eigenvalue weighted by Crippen LogP contribution is 2.23. The number of hydrogen-bond donors (Lipinski definition) is 1. The van der Waals surface area contributed by atoms with E-state index in [0.717, 1.165) is 21.5 Å². The first-order valence-electron chi connectivity index (χ1n) is 7.99. The summed E-state index contributed by atoms with van der Waals surface area (Å²) in [5, 5.41) is 14.1. The Labute approximate surface area is 155 Å². The van der Waals surface area contributed by atoms with Gasteiger partial charge in [0.2, 0.25) is 5.91 Å². The SMILES string of the molecule is Cc1cccc(-n2c(C)nnc2SCC(=O)N[C@@H](C)c2cccs2)c1. The van der Waals surface area contributed by atoms with Gasteiger partial charge in [-0.15, -0.1) is 21.5 Å². The molecule has 0 aliphatic heterocycles. The summed E-state index contributed by atoms with van der Waals surface area (Å²) in [7, 11) is 0. The summed E-state index contributed by atoms with van der Waals surface area (Å²) in [4.78, 5) is 13.4. The summed E-state index contributed by atoms with van der Waals surface area (Å²) in [5.41, 5.74) is 2.18. The van der Waals surface area contributed by atoms with Gasteiger partial charge < -0.3 is 5.32 Å². The minimum Gasteiger partial charge on any atom is -0.348 e. The maximum atomic E-state index is 12.2. The number of rotatable bonds is 6. The van der Waals surface area contributed by atoms with Crippen molar-refractivity contribution in [3.8, 4) is 5.69 Å². The first-order valence-corrected chi connectivity index (χ1v) is 9.85. The monoisotopic (exact) mass is 372 g/mol. The van der Waals surface area contributed by atoms with Gasteiger partial charge in [0.15, 0.2) is 5.16 Å². The smallest absolute Gasteiger partial charge is 0.230 e. The molecule has 0 aliphatic carbocycles. The van der Waals surface area contributed by atoms with Crippen LogP contribution in [0.1, 0.15) is 29.2 Å². The quantitative estimate of drug-likeness (QED) is 0.667. The zero-order valence-electron chi connectivity index (χ0n) is 14.4. The number of nitrogens with zero attached hydrogens (tertiary/aromatic N) is 3. The second kappa shape index (κ2) is 7.84. The summed E-state index contributed by atoms with van der Waals surface area (Å²) in [5.74, 6) is 1.10. The summed E-state index contributed by atoms with van der Waals surface area (Å²) in [6.07, 6.45) is 0. The first kappa shape index (κ1) is 17.7. The van der Waals surface area contributed by atoms with Crippen molar-refractivity contribution in [2.45, 2.75) is 32.0 Å². The Hall–Kier alpha value is -2.12. The minimum absolute atomic E-state index is 0.0117. The number of hydrogen-bond acceptors (Lipinski definition) is 5. The van der Waals surface area contributed by atoms with E-state index in [1.165, 1.54) is 17.3 Å². The van der Waals surface area contributed by atoms with Gasteiger partial charge in [-0.05, 0) is 49.9 Å². The molecule has 5 nitrogen and oxygen atoms in total. The van der Waals surface area contributed by atoms with Crippen LogP contribution in [0, 0.1) is 13.8 Å². The van der Waals surface area contributed by atoms with E-state index in [1.54, 1.807) is 11.3 Å². The molecule has 0 unspecified atom stereocenters. The summed E-state index contributed by atoms with van der Waals surface area (Å²) in [6, 6.07) is 12.2. The van der Waals surface area contributed by atoms with Gasteiger partial charge in [0, 0.05) is 10.6 Å². The average Bonchev–Trinajstić information content (AvgIpc) is 3.22. The van der Waals surface area contributed by atoms with E-state index in [0.29, 0.717) is 5.75 Å². The van der Waals surface area contributed by atoms with Crippen LogP contribution < -0.4 is 5.32 Å². The molecular formula is C18H20N4OS2. The molecule has 0 spiro atoms. The van der Waals surface area contributed by atoms with E-state index in [9.17, 15) is 4.79 Å². The molecule has 0 aliphatic rings. The number of thioether (sulfide) groups is 1. The zero-order chi connectivity index (χ0) is 17.8. The molecule has 0 saturated carbocycles. The lowest BCUT2D eigenvalue weighted by molar-refractivity contribution is -0.119. The van der Waals surface area contributed by atoms with Gasteiger partial charge in [-0.25, -0.2) is 0 Å². The standard InChI is InChI=1S/C18H20N4OS2/c1-12-6-4-7-15(10-12)22-14(3)20-21-18(22)25-11-17(23)19-13(2)16-8-5-9-24-16/h4-10,13H,11H2,1-3H3,(H,19,23)/t13-/m0/s1. The van der Waals surface area contributed by atoms with Crippen molar-refractivity contribution in [1.29, 1.82) is 0 Å². The fourth-order valence-corrected chi connectivity index (χ4v) is 4.07. The molecule has 1 amide bonds. The van der Waals surface area contributed by atoms with Gasteiger partial charge in [0.05, 0.1) is 11.8 Å². The molecule has 0 fully saturated rings. The van der Waals surface area contributed by atoms with Crippen LogP contribution in [0.5, 0.6) is 0 Å². The van der Waals surface area contributed by atoms with Gasteiger partial charge in [0.25, 0.3) is 0 Å². The van der Waals surface area contributed by atoms with E-state index < -0.39 is 0 Å². The Kier molecular flexibility index (Phi) is 5.55. The lowest BCUT2D eigenvalue weighted by atomic mass is 10.2. The second-order valence-electron chi connectivity index (χ2n) is 5.80. The maximum absolute atomic E-state index is 12.2. The zero-order valence-corrected chi connectivity index (χ0v) is 16.0. The van der Waals surface area contributed by atoms with Crippen LogP contribution in [0.15, 0.2) is 46.9 Å². The van der Waals surface area contributed by atoms with Crippen molar-refractivity contribution in [1.82, 2.24) is 20.1 Å². The predicted octanol–water partition coefficient (Wildman–Crippen LogP) is 3.92. The fraction of sp³-hybridized carbons (Fsp3) is 0.278. The highest BCUT2D eigenvalue weighted by molar-refractivity contribution is 7.99. The Morgan fingerprint density at radius 3 is 2.84 bits per heavy atom. The third-order valence-corrected chi connectivity index (χ3v) is 5.72. The number of amides is 1. The van der Waals surface area contributed by atoms with Crippen LogP contribution in [0.4, 0.5) is 0 Å². The highest BCUT2D eigenvalue weighted by atomic mass is 32.2. The van der Waals surface area contributed by atoms with E-state index in [2.05, 4.69) is 34.6 Å². The Bertz CT molecular complexity index is 858. The van der Waals surface area contributed by atoms with Crippen LogP contribution in [0.25, 0.3) is 5.69 Å². The van der Waals surface area contributed by atoms with E-state index in [-0.39, 0.29) is 11.9 Å². The molecule has 25 heavy (non-hydrogen) atoms. The number of thiophene rings is 1. The third kappa shape index (κ3) is 4.29. The molecule has 0 radical (unpaired) electrons. The molecule has 2 heterocycles. The molecule has 0 bridgehead atoms. The number of carbonyl (C=O) groups excluding carboxylic acids is 1. The number of nitrogens with one attached hydrogen (secondary N) is 1. The summed E-state index contributed by atoms with van der Waals surface area (Å²) in [6.45, 7) is 5.96. The maximum Gasteiger partial charge on any atom is 0.230 e. The molecule has 1 aromatic carbocycles. The number of carbonyl (C=O) groups is 1. The highest BCUT2D eigenvalue weighted by Gasteiger charge is 2.15. The van der Waals surface area contributed by atoms with Crippen LogP contribution >= 0.6 is 23.1 Å². The Morgan fingerprint density at radius 1 is 1.28 bits per heavy atom. The average molecular weight is 373 g/mol. The Morgan fingerprint density at radius 2 is 2.12 bits per heavy atom. The predicted molar refractivity (Wildman–Crippen MR) is 102 cm³/mol. The van der Waals surface area contributed by atoms with Crippen molar-refractivity contribution in [2.24, 2.45) is 0 Å². The van der Waals surface area contributed by atoms with Crippen LogP contribution in [-0.4, -0.2) is 26.4 Å². The molecule has 1 N–H and O–H groups in total. The lowest BCUT2D eigenvalue weighted by Gasteiger charge is -2.12. The molecule has 130 valence electrons. The van der Waals surface area contributed by atoms with Crippen molar-refractivity contribution in [3.63, 3.8) is 0 Å². The van der Waals surface area contributed by atoms with E-state index >= 15 is 0 Å². The van der Waals surface area contributed by atoms with Crippen LogP contribution in [-0.2, 0) is 4.79 Å². The molecule has 0 saturated heterocycles. The van der Waals surface area contributed by atoms with Crippen molar-refractivity contribution in [2.75, 3.05) is 5.75 Å². The van der Waals surface area contributed by atoms with Gasteiger partial charge in [-0.2, -0.15) is 0 Å². The minimum atomic E-state index is -0.0117. The second-order valence-corrected chi connectivity index (χ2v) is 7.72.